The molecule has 2 N–H and O–H groups in total. The Balaban J connectivity index is 2.10. The van der Waals surface area contributed by atoms with Gasteiger partial charge in [-0.15, -0.1) is 11.3 Å². The highest BCUT2D eigenvalue weighted by Crippen LogP contribution is 2.19. The first-order valence-electron chi connectivity index (χ1n) is 5.54. The second kappa shape index (κ2) is 5.96. The number of thiophene rings is 1. The Morgan fingerprint density at radius 3 is 2.55 bits per heavy atom. The number of aliphatic hydroxyl groups is 1. The molecular weight excluding hydrogens is 308 g/mol. The Bertz CT molecular complexity index is 713. The van der Waals surface area contributed by atoms with Crippen LogP contribution in [0.3, 0.4) is 0 Å². The van der Waals surface area contributed by atoms with Crippen molar-refractivity contribution in [3.8, 4) is 0 Å². The molecule has 0 saturated carbocycles. The van der Waals surface area contributed by atoms with Crippen LogP contribution >= 0.6 is 11.3 Å². The predicted octanol–water partition coefficient (Wildman–Crippen LogP) is 2.00. The molecule has 0 radical (unpaired) electrons. The third kappa shape index (κ3) is 3.40. The minimum Gasteiger partial charge on any atom is -0.391 e. The molecule has 0 atom stereocenters. The third-order valence-electron chi connectivity index (χ3n) is 2.55. The summed E-state index contributed by atoms with van der Waals surface area (Å²) in [6, 6.07) is 4.53. The second-order valence-corrected chi connectivity index (χ2v) is 6.74. The number of sulfonamides is 1. The molecule has 20 heavy (non-hydrogen) atoms. The fourth-order valence-corrected chi connectivity index (χ4v) is 3.65. The van der Waals surface area contributed by atoms with E-state index in [1.165, 1.54) is 17.5 Å². The summed E-state index contributed by atoms with van der Waals surface area (Å²) in [5.41, 5.74) is 0.310. The van der Waals surface area contributed by atoms with E-state index in [1.54, 1.807) is 0 Å². The van der Waals surface area contributed by atoms with Gasteiger partial charge >= 0.3 is 0 Å². The molecule has 0 spiro atoms. The molecule has 0 amide bonds. The van der Waals surface area contributed by atoms with Gasteiger partial charge in [-0.2, -0.15) is 0 Å². The molecule has 0 saturated heterocycles. The van der Waals surface area contributed by atoms with Crippen molar-refractivity contribution in [1.29, 1.82) is 0 Å². The van der Waals surface area contributed by atoms with E-state index in [0.717, 1.165) is 23.5 Å². The summed E-state index contributed by atoms with van der Waals surface area (Å²) in [7, 11) is -3.74. The number of benzene rings is 1. The van der Waals surface area contributed by atoms with E-state index < -0.39 is 21.7 Å². The summed E-state index contributed by atoms with van der Waals surface area (Å²) in [6.45, 7) is -0.382. The van der Waals surface area contributed by atoms with E-state index in [4.69, 9.17) is 5.11 Å². The molecule has 1 heterocycles. The normalized spacial score (nSPS) is 11.8. The van der Waals surface area contributed by atoms with Gasteiger partial charge in [0.25, 0.3) is 0 Å². The zero-order chi connectivity index (χ0) is 14.8. The summed E-state index contributed by atoms with van der Waals surface area (Å²) in [5, 5.41) is 10.3. The fraction of sp³-hybridized carbons (Fsp3) is 0.167. The van der Waals surface area contributed by atoms with E-state index in [-0.39, 0.29) is 18.0 Å². The lowest BCUT2D eigenvalue weighted by Gasteiger charge is -2.05. The van der Waals surface area contributed by atoms with Crippen molar-refractivity contribution < 1.29 is 22.3 Å². The van der Waals surface area contributed by atoms with Crippen LogP contribution in [0.15, 0.2) is 34.5 Å². The van der Waals surface area contributed by atoms with Crippen LogP contribution in [0.1, 0.15) is 10.4 Å². The van der Waals surface area contributed by atoms with Crippen molar-refractivity contribution in [2.45, 2.75) is 18.0 Å². The summed E-state index contributed by atoms with van der Waals surface area (Å²) in [4.78, 5) is 0.562. The molecule has 8 heteroatoms. The van der Waals surface area contributed by atoms with Crippen LogP contribution in [0.5, 0.6) is 0 Å². The first-order valence-corrected chi connectivity index (χ1v) is 7.90. The lowest BCUT2D eigenvalue weighted by atomic mass is 10.2. The minimum atomic E-state index is -3.74. The van der Waals surface area contributed by atoms with Gasteiger partial charge in [0.05, 0.1) is 11.5 Å². The molecule has 0 aliphatic rings. The monoisotopic (exact) mass is 319 g/mol. The van der Waals surface area contributed by atoms with Crippen LogP contribution in [0.4, 0.5) is 8.78 Å². The van der Waals surface area contributed by atoms with Gasteiger partial charge in [-0.3, -0.25) is 0 Å². The highest BCUT2D eigenvalue weighted by atomic mass is 32.2. The van der Waals surface area contributed by atoms with Crippen molar-refractivity contribution in [2.24, 2.45) is 0 Å². The number of hydrogen-bond acceptors (Lipinski definition) is 4. The lowest BCUT2D eigenvalue weighted by Crippen LogP contribution is -2.22. The quantitative estimate of drug-likeness (QED) is 0.886. The third-order valence-corrected chi connectivity index (χ3v) is 5.00. The van der Waals surface area contributed by atoms with E-state index >= 15 is 0 Å². The molecule has 0 aliphatic heterocycles. The fourth-order valence-electron chi connectivity index (χ4n) is 1.50. The van der Waals surface area contributed by atoms with Crippen molar-refractivity contribution in [3.63, 3.8) is 0 Å². The van der Waals surface area contributed by atoms with Crippen molar-refractivity contribution in [1.82, 2.24) is 4.72 Å². The van der Waals surface area contributed by atoms with Crippen LogP contribution in [-0.4, -0.2) is 13.5 Å². The standard InChI is InChI=1S/C12H11F2NO3S2/c13-11-2-1-8(3-12(11)14)5-15-20(17,18)10-4-9(6-16)19-7-10/h1-4,7,15-16H,5-6H2. The molecule has 0 fully saturated rings. The molecular formula is C12H11F2NO3S2. The maximum absolute atomic E-state index is 13.0. The average molecular weight is 319 g/mol. The highest BCUT2D eigenvalue weighted by Gasteiger charge is 2.16. The number of hydrogen-bond donors (Lipinski definition) is 2. The SMILES string of the molecule is O=S(=O)(NCc1ccc(F)c(F)c1)c1csc(CO)c1. The Kier molecular flexibility index (Phi) is 4.48. The zero-order valence-electron chi connectivity index (χ0n) is 10.1. The smallest absolute Gasteiger partial charge is 0.241 e. The average Bonchev–Trinajstić information content (AvgIpc) is 2.90. The Labute approximate surface area is 118 Å². The van der Waals surface area contributed by atoms with Gasteiger partial charge in [0.15, 0.2) is 11.6 Å². The first-order chi connectivity index (χ1) is 9.42. The van der Waals surface area contributed by atoms with E-state index in [0.29, 0.717) is 10.4 Å². The molecule has 4 nitrogen and oxygen atoms in total. The zero-order valence-corrected chi connectivity index (χ0v) is 11.8. The maximum atomic E-state index is 13.0. The van der Waals surface area contributed by atoms with Gasteiger partial charge in [0.2, 0.25) is 10.0 Å². The van der Waals surface area contributed by atoms with Crippen LogP contribution in [0.25, 0.3) is 0 Å². The molecule has 0 aliphatic carbocycles. The van der Waals surface area contributed by atoms with Crippen molar-refractivity contribution in [2.75, 3.05) is 0 Å². The van der Waals surface area contributed by atoms with Crippen molar-refractivity contribution in [3.05, 3.63) is 51.7 Å². The van der Waals surface area contributed by atoms with Gasteiger partial charge < -0.3 is 5.11 Å². The van der Waals surface area contributed by atoms with Crippen LogP contribution < -0.4 is 4.72 Å². The molecule has 1 aromatic heterocycles. The maximum Gasteiger partial charge on any atom is 0.241 e. The lowest BCUT2D eigenvalue weighted by molar-refractivity contribution is 0.285. The Hall–Kier alpha value is -1.35. The number of rotatable bonds is 5. The molecule has 0 unspecified atom stereocenters. The van der Waals surface area contributed by atoms with Gasteiger partial charge in [0.1, 0.15) is 0 Å². The number of nitrogens with one attached hydrogen (secondary N) is 1. The number of aliphatic hydroxyl groups excluding tert-OH is 1. The van der Waals surface area contributed by atoms with Crippen LogP contribution in [-0.2, 0) is 23.2 Å². The van der Waals surface area contributed by atoms with Gasteiger partial charge in [0, 0.05) is 16.8 Å². The second-order valence-electron chi connectivity index (χ2n) is 3.98. The van der Waals surface area contributed by atoms with E-state index in [1.807, 2.05) is 0 Å². The molecule has 0 bridgehead atoms. The van der Waals surface area contributed by atoms with E-state index in [9.17, 15) is 17.2 Å². The minimum absolute atomic E-state index is 0.0362. The van der Waals surface area contributed by atoms with Crippen molar-refractivity contribution >= 4 is 21.4 Å². The van der Waals surface area contributed by atoms with Gasteiger partial charge in [-0.05, 0) is 23.8 Å². The largest absolute Gasteiger partial charge is 0.391 e. The molecule has 108 valence electrons. The summed E-state index contributed by atoms with van der Waals surface area (Å²) in [6.07, 6.45) is 0. The van der Waals surface area contributed by atoms with Gasteiger partial charge in [-0.25, -0.2) is 21.9 Å². The topological polar surface area (TPSA) is 66.4 Å². The molecule has 1 aromatic carbocycles. The first kappa shape index (κ1) is 15.0. The van der Waals surface area contributed by atoms with Crippen LogP contribution in [0, 0.1) is 11.6 Å². The Morgan fingerprint density at radius 1 is 1.20 bits per heavy atom. The van der Waals surface area contributed by atoms with Crippen LogP contribution in [0.2, 0.25) is 0 Å². The summed E-state index contributed by atoms with van der Waals surface area (Å²) in [5.74, 6) is -2.01. The summed E-state index contributed by atoms with van der Waals surface area (Å²) < 4.78 is 51.9. The molecule has 2 rings (SSSR count). The highest BCUT2D eigenvalue weighted by molar-refractivity contribution is 7.89. The van der Waals surface area contributed by atoms with E-state index in [2.05, 4.69) is 4.72 Å². The Morgan fingerprint density at radius 2 is 1.95 bits per heavy atom. The van der Waals surface area contributed by atoms with Gasteiger partial charge in [-0.1, -0.05) is 6.07 Å². The predicted molar refractivity (Wildman–Crippen MR) is 70.6 cm³/mol. The molecule has 2 aromatic rings. The number of halogens is 2. The summed E-state index contributed by atoms with van der Waals surface area (Å²) >= 11 is 1.12.